The average Bonchev–Trinajstić information content (AvgIpc) is 3.02. The predicted octanol–water partition coefficient (Wildman–Crippen LogP) is 5.04. The predicted molar refractivity (Wildman–Crippen MR) is 81.4 cm³/mol. The zero-order valence-electron chi connectivity index (χ0n) is 10.5. The molecule has 4 heteroatoms. The maximum Gasteiger partial charge on any atom is 0.178 e. The first kappa shape index (κ1) is 12.4. The molecule has 96 valence electrons. The molecule has 1 aromatic heterocycles. The van der Waals surface area contributed by atoms with Crippen LogP contribution in [0.25, 0.3) is 11.0 Å². The molecule has 18 heavy (non-hydrogen) atoms. The van der Waals surface area contributed by atoms with E-state index in [0.29, 0.717) is 5.41 Å². The quantitative estimate of drug-likeness (QED) is 0.781. The zero-order chi connectivity index (χ0) is 12.8. The number of aromatic amines is 1. The molecule has 0 bridgehead atoms. The highest BCUT2D eigenvalue weighted by molar-refractivity contribution is 9.10. The normalized spacial score (nSPS) is 17.2. The van der Waals surface area contributed by atoms with Crippen LogP contribution in [-0.4, -0.2) is 9.55 Å². The lowest BCUT2D eigenvalue weighted by Crippen LogP contribution is -2.11. The number of halogens is 1. The Morgan fingerprint density at radius 1 is 1.44 bits per heavy atom. The van der Waals surface area contributed by atoms with E-state index in [2.05, 4.69) is 50.6 Å². The van der Waals surface area contributed by atoms with Crippen molar-refractivity contribution in [3.63, 3.8) is 0 Å². The van der Waals surface area contributed by atoms with Gasteiger partial charge in [0.15, 0.2) is 4.77 Å². The second-order valence-electron chi connectivity index (χ2n) is 5.43. The highest BCUT2D eigenvalue weighted by Crippen LogP contribution is 2.51. The summed E-state index contributed by atoms with van der Waals surface area (Å²) in [5.74, 6) is 0. The lowest BCUT2D eigenvalue weighted by atomic mass is 10.0. The summed E-state index contributed by atoms with van der Waals surface area (Å²) >= 11 is 9.01. The van der Waals surface area contributed by atoms with Gasteiger partial charge in [-0.2, -0.15) is 0 Å². The molecule has 1 heterocycles. The molecule has 0 atom stereocenters. The number of hydrogen-bond acceptors (Lipinski definition) is 1. The van der Waals surface area contributed by atoms with Gasteiger partial charge in [0.2, 0.25) is 0 Å². The zero-order valence-corrected chi connectivity index (χ0v) is 12.9. The Morgan fingerprint density at radius 3 is 2.89 bits per heavy atom. The van der Waals surface area contributed by atoms with Crippen LogP contribution in [0.4, 0.5) is 0 Å². The Bertz CT molecular complexity index is 637. The number of hydrogen-bond donors (Lipinski definition) is 1. The van der Waals surface area contributed by atoms with E-state index in [4.69, 9.17) is 12.2 Å². The average molecular weight is 325 g/mol. The van der Waals surface area contributed by atoms with Crippen molar-refractivity contribution in [2.75, 3.05) is 0 Å². The molecule has 0 aliphatic heterocycles. The molecule has 0 unspecified atom stereocenters. The Balaban J connectivity index is 2.03. The monoisotopic (exact) mass is 324 g/mol. The minimum absolute atomic E-state index is 0.518. The SMILES string of the molecule is CCCC1(Cn2c(=S)[nH]c3ccc(Br)cc32)CC1. The first-order valence-corrected chi connectivity index (χ1v) is 7.72. The Morgan fingerprint density at radius 2 is 2.22 bits per heavy atom. The standard InChI is InChI=1S/C14H17BrN2S/c1-2-5-14(6-7-14)9-17-12-8-10(15)3-4-11(12)16-13(17)18/h3-4,8H,2,5-7,9H2,1H3,(H,16,18). The van der Waals surface area contributed by atoms with Crippen molar-refractivity contribution in [1.82, 2.24) is 9.55 Å². The van der Waals surface area contributed by atoms with Crippen LogP contribution < -0.4 is 0 Å². The van der Waals surface area contributed by atoms with Crippen molar-refractivity contribution < 1.29 is 0 Å². The largest absolute Gasteiger partial charge is 0.331 e. The summed E-state index contributed by atoms with van der Waals surface area (Å²) in [6.07, 6.45) is 5.28. The molecule has 1 saturated carbocycles. The molecule has 0 saturated heterocycles. The van der Waals surface area contributed by atoms with Gasteiger partial charge in [0.05, 0.1) is 11.0 Å². The van der Waals surface area contributed by atoms with Crippen LogP contribution in [-0.2, 0) is 6.54 Å². The second kappa shape index (κ2) is 4.49. The van der Waals surface area contributed by atoms with Crippen LogP contribution in [0.3, 0.4) is 0 Å². The van der Waals surface area contributed by atoms with E-state index in [1.807, 2.05) is 0 Å². The molecule has 1 aliphatic rings. The summed E-state index contributed by atoms with van der Waals surface area (Å²) in [6, 6.07) is 6.30. The molecule has 0 spiro atoms. The summed E-state index contributed by atoms with van der Waals surface area (Å²) in [5.41, 5.74) is 2.87. The van der Waals surface area contributed by atoms with Gasteiger partial charge in [0.1, 0.15) is 0 Å². The van der Waals surface area contributed by atoms with Crippen LogP contribution in [0.15, 0.2) is 22.7 Å². The van der Waals surface area contributed by atoms with Crippen molar-refractivity contribution in [3.8, 4) is 0 Å². The van der Waals surface area contributed by atoms with Gasteiger partial charge in [0, 0.05) is 11.0 Å². The Kier molecular flexibility index (Phi) is 3.10. The van der Waals surface area contributed by atoms with Crippen LogP contribution >= 0.6 is 28.1 Å². The molecule has 1 aromatic carbocycles. The van der Waals surface area contributed by atoms with Crippen LogP contribution in [0.5, 0.6) is 0 Å². The molecule has 2 nitrogen and oxygen atoms in total. The van der Waals surface area contributed by atoms with E-state index in [1.54, 1.807) is 0 Å². The third-order valence-electron chi connectivity index (χ3n) is 3.97. The first-order valence-electron chi connectivity index (χ1n) is 6.52. The molecule has 1 fully saturated rings. The van der Waals surface area contributed by atoms with Gasteiger partial charge < -0.3 is 9.55 Å². The molecule has 1 N–H and O–H groups in total. The molecule has 2 aromatic rings. The van der Waals surface area contributed by atoms with E-state index in [1.165, 1.54) is 31.2 Å². The summed E-state index contributed by atoms with van der Waals surface area (Å²) < 4.78 is 4.24. The van der Waals surface area contributed by atoms with Gasteiger partial charge in [-0.25, -0.2) is 0 Å². The molecule has 0 radical (unpaired) electrons. The van der Waals surface area contributed by atoms with E-state index in [-0.39, 0.29) is 0 Å². The number of imidazole rings is 1. The van der Waals surface area contributed by atoms with Crippen molar-refractivity contribution in [2.24, 2.45) is 5.41 Å². The van der Waals surface area contributed by atoms with Gasteiger partial charge >= 0.3 is 0 Å². The summed E-state index contributed by atoms with van der Waals surface area (Å²) in [4.78, 5) is 3.30. The number of aromatic nitrogens is 2. The molecular formula is C14H17BrN2S. The van der Waals surface area contributed by atoms with Gasteiger partial charge in [-0.1, -0.05) is 29.3 Å². The second-order valence-corrected chi connectivity index (χ2v) is 6.73. The van der Waals surface area contributed by atoms with Crippen molar-refractivity contribution >= 4 is 39.2 Å². The molecule has 3 rings (SSSR count). The van der Waals surface area contributed by atoms with Crippen molar-refractivity contribution in [1.29, 1.82) is 0 Å². The number of nitrogens with zero attached hydrogens (tertiary/aromatic N) is 1. The van der Waals surface area contributed by atoms with E-state index in [9.17, 15) is 0 Å². The number of nitrogens with one attached hydrogen (secondary N) is 1. The van der Waals surface area contributed by atoms with Gasteiger partial charge in [0.25, 0.3) is 0 Å². The number of H-pyrrole nitrogens is 1. The highest BCUT2D eigenvalue weighted by atomic mass is 79.9. The van der Waals surface area contributed by atoms with Crippen LogP contribution in [0, 0.1) is 10.2 Å². The van der Waals surface area contributed by atoms with E-state index < -0.39 is 0 Å². The highest BCUT2D eigenvalue weighted by Gasteiger charge is 2.42. The number of benzene rings is 1. The lowest BCUT2D eigenvalue weighted by Gasteiger charge is -2.15. The third kappa shape index (κ3) is 2.16. The van der Waals surface area contributed by atoms with Gasteiger partial charge in [-0.05, 0) is 55.1 Å². The topological polar surface area (TPSA) is 20.7 Å². The summed E-state index contributed by atoms with van der Waals surface area (Å²) in [7, 11) is 0. The Labute approximate surface area is 121 Å². The lowest BCUT2D eigenvalue weighted by molar-refractivity contribution is 0.391. The van der Waals surface area contributed by atoms with Crippen molar-refractivity contribution in [3.05, 3.63) is 27.4 Å². The fourth-order valence-corrected chi connectivity index (χ4v) is 3.43. The smallest absolute Gasteiger partial charge is 0.178 e. The molecule has 1 aliphatic carbocycles. The first-order chi connectivity index (χ1) is 8.63. The number of fused-ring (bicyclic) bond motifs is 1. The maximum absolute atomic E-state index is 5.47. The maximum atomic E-state index is 5.47. The minimum atomic E-state index is 0.518. The fraction of sp³-hybridized carbons (Fsp3) is 0.500. The van der Waals surface area contributed by atoms with Crippen LogP contribution in [0.2, 0.25) is 0 Å². The van der Waals surface area contributed by atoms with Crippen LogP contribution in [0.1, 0.15) is 32.6 Å². The minimum Gasteiger partial charge on any atom is -0.331 e. The van der Waals surface area contributed by atoms with E-state index >= 15 is 0 Å². The Hall–Kier alpha value is -0.610. The fourth-order valence-electron chi connectivity index (χ4n) is 2.81. The third-order valence-corrected chi connectivity index (χ3v) is 4.78. The number of rotatable bonds is 4. The molecular weight excluding hydrogens is 308 g/mol. The van der Waals surface area contributed by atoms with E-state index in [0.717, 1.165) is 21.3 Å². The summed E-state index contributed by atoms with van der Waals surface area (Å²) in [5, 5.41) is 0. The van der Waals surface area contributed by atoms with Crippen molar-refractivity contribution in [2.45, 2.75) is 39.2 Å². The van der Waals surface area contributed by atoms with Gasteiger partial charge in [-0.3, -0.25) is 0 Å². The molecule has 0 amide bonds. The summed E-state index contributed by atoms with van der Waals surface area (Å²) in [6.45, 7) is 3.33. The van der Waals surface area contributed by atoms with Gasteiger partial charge in [-0.15, -0.1) is 0 Å².